The third-order valence-corrected chi connectivity index (χ3v) is 3.68. The van der Waals surface area contributed by atoms with Gasteiger partial charge in [-0.05, 0) is 13.0 Å². The smallest absolute Gasteiger partial charge is 0.114 e. The molecule has 1 atom stereocenters. The Morgan fingerprint density at radius 2 is 2.62 bits per heavy atom. The van der Waals surface area contributed by atoms with Crippen LogP contribution in [0.1, 0.15) is 18.4 Å². The van der Waals surface area contributed by atoms with Gasteiger partial charge in [-0.3, -0.25) is 0 Å². The molecule has 13 heavy (non-hydrogen) atoms. The second-order valence-corrected chi connectivity index (χ2v) is 4.51. The van der Waals surface area contributed by atoms with Crippen molar-refractivity contribution in [1.29, 1.82) is 0 Å². The molecule has 2 N–H and O–H groups in total. The normalized spacial score (nSPS) is 29.7. The van der Waals surface area contributed by atoms with Crippen molar-refractivity contribution in [3.63, 3.8) is 0 Å². The predicted molar refractivity (Wildman–Crippen MR) is 54.7 cm³/mol. The van der Waals surface area contributed by atoms with Crippen LogP contribution >= 0.6 is 11.3 Å². The Bertz CT molecular complexity index is 272. The summed E-state index contributed by atoms with van der Waals surface area (Å²) in [5, 5.41) is 3.09. The summed E-state index contributed by atoms with van der Waals surface area (Å²) >= 11 is 1.67. The molecule has 1 aromatic rings. The maximum atomic E-state index is 6.30. The highest BCUT2D eigenvalue weighted by molar-refractivity contribution is 7.09. The highest BCUT2D eigenvalue weighted by atomic mass is 32.1. The van der Waals surface area contributed by atoms with Crippen molar-refractivity contribution in [3.05, 3.63) is 16.6 Å². The van der Waals surface area contributed by atoms with Gasteiger partial charge in [-0.1, -0.05) is 6.92 Å². The maximum Gasteiger partial charge on any atom is 0.114 e. The summed E-state index contributed by atoms with van der Waals surface area (Å²) in [5.74, 6) is 0. The van der Waals surface area contributed by atoms with Crippen LogP contribution in [0.3, 0.4) is 0 Å². The average Bonchev–Trinajstić information content (AvgIpc) is 2.72. The van der Waals surface area contributed by atoms with E-state index in [2.05, 4.69) is 16.8 Å². The molecule has 1 aliphatic heterocycles. The van der Waals surface area contributed by atoms with E-state index in [0.29, 0.717) is 0 Å². The molecule has 0 radical (unpaired) electrons. The van der Waals surface area contributed by atoms with E-state index in [1.807, 2.05) is 11.6 Å². The van der Waals surface area contributed by atoms with Crippen molar-refractivity contribution in [2.45, 2.75) is 18.9 Å². The van der Waals surface area contributed by atoms with Crippen molar-refractivity contribution in [1.82, 2.24) is 9.88 Å². The molecule has 0 bridgehead atoms. The van der Waals surface area contributed by atoms with Crippen LogP contribution in [0.2, 0.25) is 0 Å². The zero-order valence-corrected chi connectivity index (χ0v) is 8.68. The van der Waals surface area contributed by atoms with Crippen LogP contribution in [-0.2, 0) is 5.54 Å². The first-order valence-corrected chi connectivity index (χ1v) is 5.54. The summed E-state index contributed by atoms with van der Waals surface area (Å²) in [6, 6.07) is 0. The zero-order valence-electron chi connectivity index (χ0n) is 7.86. The Kier molecular flexibility index (Phi) is 2.36. The second kappa shape index (κ2) is 3.36. The summed E-state index contributed by atoms with van der Waals surface area (Å²) in [7, 11) is 0. The average molecular weight is 197 g/mol. The van der Waals surface area contributed by atoms with E-state index in [0.717, 1.165) is 31.1 Å². The quantitative estimate of drug-likeness (QED) is 0.770. The molecular weight excluding hydrogens is 182 g/mol. The van der Waals surface area contributed by atoms with Crippen molar-refractivity contribution in [2.24, 2.45) is 5.73 Å². The Morgan fingerprint density at radius 1 is 1.77 bits per heavy atom. The molecule has 4 heteroatoms. The lowest BCUT2D eigenvalue weighted by Crippen LogP contribution is -2.39. The fourth-order valence-electron chi connectivity index (χ4n) is 1.83. The van der Waals surface area contributed by atoms with Gasteiger partial charge in [0.1, 0.15) is 5.01 Å². The first-order chi connectivity index (χ1) is 6.24. The monoisotopic (exact) mass is 197 g/mol. The van der Waals surface area contributed by atoms with E-state index in [-0.39, 0.29) is 5.54 Å². The highest BCUT2D eigenvalue weighted by Gasteiger charge is 2.37. The SMILES string of the molecule is CCN1CCC(N)(c2nccs2)C1. The van der Waals surface area contributed by atoms with E-state index in [4.69, 9.17) is 5.73 Å². The van der Waals surface area contributed by atoms with Gasteiger partial charge in [0.05, 0.1) is 5.54 Å². The van der Waals surface area contributed by atoms with E-state index < -0.39 is 0 Å². The van der Waals surface area contributed by atoms with Gasteiger partial charge in [-0.25, -0.2) is 4.98 Å². The minimum atomic E-state index is -0.176. The molecule has 2 rings (SSSR count). The van der Waals surface area contributed by atoms with Crippen molar-refractivity contribution >= 4 is 11.3 Å². The minimum Gasteiger partial charge on any atom is -0.318 e. The number of hydrogen-bond donors (Lipinski definition) is 1. The lowest BCUT2D eigenvalue weighted by Gasteiger charge is -2.21. The van der Waals surface area contributed by atoms with Crippen molar-refractivity contribution in [2.75, 3.05) is 19.6 Å². The summed E-state index contributed by atoms with van der Waals surface area (Å²) < 4.78 is 0. The van der Waals surface area contributed by atoms with Crippen molar-refractivity contribution in [3.8, 4) is 0 Å². The van der Waals surface area contributed by atoms with Gasteiger partial charge in [0.2, 0.25) is 0 Å². The molecule has 3 nitrogen and oxygen atoms in total. The van der Waals surface area contributed by atoms with Crippen LogP contribution in [-0.4, -0.2) is 29.5 Å². The highest BCUT2D eigenvalue weighted by Crippen LogP contribution is 2.30. The molecule has 2 heterocycles. The minimum absolute atomic E-state index is 0.176. The van der Waals surface area contributed by atoms with Crippen LogP contribution in [0.25, 0.3) is 0 Å². The summed E-state index contributed by atoms with van der Waals surface area (Å²) in [6.45, 7) is 5.32. The molecule has 1 unspecified atom stereocenters. The fraction of sp³-hybridized carbons (Fsp3) is 0.667. The van der Waals surface area contributed by atoms with Crippen molar-refractivity contribution < 1.29 is 0 Å². The number of hydrogen-bond acceptors (Lipinski definition) is 4. The molecule has 0 spiro atoms. The van der Waals surface area contributed by atoms with Gasteiger partial charge in [0.25, 0.3) is 0 Å². The molecule has 0 aliphatic carbocycles. The van der Waals surface area contributed by atoms with Gasteiger partial charge >= 0.3 is 0 Å². The Labute approximate surface area is 82.6 Å². The first-order valence-electron chi connectivity index (χ1n) is 4.66. The van der Waals surface area contributed by atoms with Gasteiger partial charge in [0, 0.05) is 24.7 Å². The van der Waals surface area contributed by atoms with Gasteiger partial charge in [0.15, 0.2) is 0 Å². The Hall–Kier alpha value is -0.450. The predicted octanol–water partition coefficient (Wildman–Crippen LogP) is 1.02. The molecule has 1 aromatic heterocycles. The Balaban J connectivity index is 2.15. The molecule has 1 aliphatic rings. The van der Waals surface area contributed by atoms with Gasteiger partial charge in [-0.15, -0.1) is 11.3 Å². The third kappa shape index (κ3) is 1.61. The van der Waals surface area contributed by atoms with E-state index in [1.165, 1.54) is 0 Å². The lowest BCUT2D eigenvalue weighted by atomic mass is 10.0. The second-order valence-electron chi connectivity index (χ2n) is 3.61. The van der Waals surface area contributed by atoms with Crippen LogP contribution < -0.4 is 5.73 Å². The van der Waals surface area contributed by atoms with Gasteiger partial charge in [-0.2, -0.15) is 0 Å². The fourth-order valence-corrected chi connectivity index (χ4v) is 2.60. The number of thiazole rings is 1. The number of rotatable bonds is 2. The molecular formula is C9H15N3S. The summed E-state index contributed by atoms with van der Waals surface area (Å²) in [4.78, 5) is 6.68. The first kappa shape index (κ1) is 9.12. The third-order valence-electron chi connectivity index (χ3n) is 2.69. The van der Waals surface area contributed by atoms with E-state index in [9.17, 15) is 0 Å². The van der Waals surface area contributed by atoms with Gasteiger partial charge < -0.3 is 10.6 Å². The largest absolute Gasteiger partial charge is 0.318 e. The molecule has 1 saturated heterocycles. The van der Waals surface area contributed by atoms with E-state index >= 15 is 0 Å². The number of aromatic nitrogens is 1. The topological polar surface area (TPSA) is 42.1 Å². The molecule has 72 valence electrons. The maximum absolute atomic E-state index is 6.30. The standard InChI is InChI=1S/C9H15N3S/c1-2-12-5-3-9(10,7-12)8-11-4-6-13-8/h4,6H,2-3,5,7,10H2,1H3. The van der Waals surface area contributed by atoms with Crippen LogP contribution in [0.5, 0.6) is 0 Å². The van der Waals surface area contributed by atoms with E-state index in [1.54, 1.807) is 11.3 Å². The summed E-state index contributed by atoms with van der Waals surface area (Å²) in [5.41, 5.74) is 6.12. The zero-order chi connectivity index (χ0) is 9.31. The lowest BCUT2D eigenvalue weighted by molar-refractivity contribution is 0.327. The number of likely N-dealkylation sites (N-methyl/N-ethyl adjacent to an activating group) is 1. The molecule has 0 aromatic carbocycles. The van der Waals surface area contributed by atoms with Crippen LogP contribution in [0.15, 0.2) is 11.6 Å². The molecule has 0 saturated carbocycles. The van der Waals surface area contributed by atoms with Crippen LogP contribution in [0.4, 0.5) is 0 Å². The van der Waals surface area contributed by atoms with Crippen LogP contribution in [0, 0.1) is 0 Å². The Morgan fingerprint density at radius 3 is 3.15 bits per heavy atom. The number of nitrogens with zero attached hydrogens (tertiary/aromatic N) is 2. The molecule has 1 fully saturated rings. The number of likely N-dealkylation sites (tertiary alicyclic amines) is 1. The number of nitrogens with two attached hydrogens (primary N) is 1. The summed E-state index contributed by atoms with van der Waals surface area (Å²) in [6.07, 6.45) is 2.87. The molecule has 0 amide bonds.